The highest BCUT2D eigenvalue weighted by atomic mass is 79.9. The lowest BCUT2D eigenvalue weighted by atomic mass is 10.0. The smallest absolute Gasteiger partial charge is 0.0640 e. The monoisotopic (exact) mass is 406 g/mol. The molecule has 0 saturated heterocycles. The zero-order valence-corrected chi connectivity index (χ0v) is 14.0. The summed E-state index contributed by atoms with van der Waals surface area (Å²) >= 11 is 19.6. The van der Waals surface area contributed by atoms with E-state index in [9.17, 15) is 0 Å². The summed E-state index contributed by atoms with van der Waals surface area (Å²) in [6.07, 6.45) is 0.747. The van der Waals surface area contributed by atoms with Crippen LogP contribution in [0.2, 0.25) is 5.02 Å². The fourth-order valence-corrected chi connectivity index (χ4v) is 3.24. The summed E-state index contributed by atoms with van der Waals surface area (Å²) in [4.78, 5) is 0. The van der Waals surface area contributed by atoms with Crippen LogP contribution < -0.4 is 0 Å². The molecule has 0 aliphatic heterocycles. The van der Waals surface area contributed by atoms with Gasteiger partial charge in [0.1, 0.15) is 0 Å². The molecule has 18 heavy (non-hydrogen) atoms. The van der Waals surface area contributed by atoms with Gasteiger partial charge in [0.15, 0.2) is 0 Å². The average molecular weight is 409 g/mol. The molecular formula is C14H10Br2Cl2. The van der Waals surface area contributed by atoms with E-state index in [1.54, 1.807) is 0 Å². The van der Waals surface area contributed by atoms with Gasteiger partial charge >= 0.3 is 0 Å². The lowest BCUT2D eigenvalue weighted by Gasteiger charge is -2.13. The third-order valence-electron chi connectivity index (χ3n) is 2.62. The van der Waals surface area contributed by atoms with Gasteiger partial charge in [-0.25, -0.2) is 0 Å². The molecule has 2 aromatic rings. The van der Waals surface area contributed by atoms with Crippen molar-refractivity contribution in [2.75, 3.05) is 0 Å². The molecule has 0 nitrogen and oxygen atoms in total. The fourth-order valence-electron chi connectivity index (χ4n) is 1.74. The molecule has 94 valence electrons. The van der Waals surface area contributed by atoms with Crippen LogP contribution in [0.15, 0.2) is 51.4 Å². The van der Waals surface area contributed by atoms with Gasteiger partial charge in [-0.05, 0) is 51.7 Å². The van der Waals surface area contributed by atoms with Crippen molar-refractivity contribution in [1.82, 2.24) is 0 Å². The molecule has 0 aliphatic rings. The SMILES string of the molecule is Clc1c(Br)cccc1C(Cl)Cc1cccc(Br)c1. The Morgan fingerprint density at radius 2 is 1.78 bits per heavy atom. The topological polar surface area (TPSA) is 0 Å². The van der Waals surface area contributed by atoms with Crippen molar-refractivity contribution in [3.63, 3.8) is 0 Å². The molecule has 0 aromatic heterocycles. The van der Waals surface area contributed by atoms with Gasteiger partial charge < -0.3 is 0 Å². The highest BCUT2D eigenvalue weighted by Crippen LogP contribution is 2.35. The minimum Gasteiger partial charge on any atom is -0.117 e. The maximum atomic E-state index is 6.45. The van der Waals surface area contributed by atoms with Crippen molar-refractivity contribution < 1.29 is 0 Å². The first-order chi connectivity index (χ1) is 8.58. The molecule has 0 amide bonds. The first-order valence-corrected chi connectivity index (χ1v) is 7.80. The fraction of sp³-hybridized carbons (Fsp3) is 0.143. The number of hydrogen-bond acceptors (Lipinski definition) is 0. The normalized spacial score (nSPS) is 12.4. The van der Waals surface area contributed by atoms with Gasteiger partial charge in [-0.1, -0.05) is 51.8 Å². The molecule has 2 aromatic carbocycles. The zero-order chi connectivity index (χ0) is 13.1. The molecule has 0 bridgehead atoms. The number of rotatable bonds is 3. The van der Waals surface area contributed by atoms with Crippen LogP contribution >= 0.6 is 55.1 Å². The molecule has 0 aliphatic carbocycles. The molecule has 0 fully saturated rings. The third-order valence-corrected chi connectivity index (χ3v) is 4.82. The van der Waals surface area contributed by atoms with E-state index in [0.29, 0.717) is 5.02 Å². The van der Waals surface area contributed by atoms with Crippen molar-refractivity contribution in [3.8, 4) is 0 Å². The van der Waals surface area contributed by atoms with E-state index in [4.69, 9.17) is 23.2 Å². The second kappa shape index (κ2) is 6.42. The van der Waals surface area contributed by atoms with Crippen LogP contribution in [-0.2, 0) is 6.42 Å². The Morgan fingerprint density at radius 3 is 2.50 bits per heavy atom. The van der Waals surface area contributed by atoms with E-state index >= 15 is 0 Å². The van der Waals surface area contributed by atoms with E-state index < -0.39 is 0 Å². The van der Waals surface area contributed by atoms with Crippen LogP contribution in [-0.4, -0.2) is 0 Å². The van der Waals surface area contributed by atoms with Crippen LogP contribution in [0.3, 0.4) is 0 Å². The molecule has 0 spiro atoms. The van der Waals surface area contributed by atoms with Gasteiger partial charge in [0.2, 0.25) is 0 Å². The predicted molar refractivity (Wildman–Crippen MR) is 85.6 cm³/mol. The van der Waals surface area contributed by atoms with Gasteiger partial charge in [0.25, 0.3) is 0 Å². The molecule has 4 heteroatoms. The largest absolute Gasteiger partial charge is 0.117 e. The highest BCUT2D eigenvalue weighted by molar-refractivity contribution is 9.10. The van der Waals surface area contributed by atoms with E-state index in [1.807, 2.05) is 30.3 Å². The predicted octanol–water partition coefficient (Wildman–Crippen LogP) is 6.39. The lowest BCUT2D eigenvalue weighted by Crippen LogP contribution is -1.97. The maximum absolute atomic E-state index is 6.45. The van der Waals surface area contributed by atoms with E-state index in [-0.39, 0.29) is 5.38 Å². The summed E-state index contributed by atoms with van der Waals surface area (Å²) in [5.41, 5.74) is 2.13. The molecule has 2 rings (SSSR count). The van der Waals surface area contributed by atoms with Gasteiger partial charge in [0.05, 0.1) is 10.4 Å². The standard InChI is InChI=1S/C14H10Br2Cl2/c15-10-4-1-3-9(7-10)8-13(17)11-5-2-6-12(16)14(11)18/h1-7,13H,8H2. The lowest BCUT2D eigenvalue weighted by molar-refractivity contribution is 0.918. The quantitative estimate of drug-likeness (QED) is 0.516. The Bertz CT molecular complexity index is 555. The molecule has 1 unspecified atom stereocenters. The van der Waals surface area contributed by atoms with Crippen molar-refractivity contribution in [2.24, 2.45) is 0 Å². The Kier molecular flexibility index (Phi) is 5.14. The average Bonchev–Trinajstić information content (AvgIpc) is 2.32. The minimum atomic E-state index is -0.135. The van der Waals surface area contributed by atoms with Crippen molar-refractivity contribution in [3.05, 3.63) is 67.6 Å². The van der Waals surface area contributed by atoms with E-state index in [1.165, 1.54) is 5.56 Å². The first-order valence-electron chi connectivity index (χ1n) is 5.40. The maximum Gasteiger partial charge on any atom is 0.0640 e. The molecule has 0 N–H and O–H groups in total. The van der Waals surface area contributed by atoms with Gasteiger partial charge in [-0.15, -0.1) is 11.6 Å². The van der Waals surface area contributed by atoms with Crippen molar-refractivity contribution >= 4 is 55.1 Å². The Morgan fingerprint density at radius 1 is 1.06 bits per heavy atom. The van der Waals surface area contributed by atoms with Crippen LogP contribution in [0.25, 0.3) is 0 Å². The summed E-state index contributed by atoms with van der Waals surface area (Å²) in [6.45, 7) is 0. The third kappa shape index (κ3) is 3.51. The summed E-state index contributed by atoms with van der Waals surface area (Å²) < 4.78 is 1.94. The van der Waals surface area contributed by atoms with Crippen molar-refractivity contribution in [2.45, 2.75) is 11.8 Å². The van der Waals surface area contributed by atoms with Crippen LogP contribution in [0, 0.1) is 0 Å². The van der Waals surface area contributed by atoms with Crippen LogP contribution in [0.1, 0.15) is 16.5 Å². The van der Waals surface area contributed by atoms with Gasteiger partial charge in [-0.3, -0.25) is 0 Å². The van der Waals surface area contributed by atoms with E-state index in [0.717, 1.165) is 20.9 Å². The van der Waals surface area contributed by atoms with Crippen LogP contribution in [0.4, 0.5) is 0 Å². The highest BCUT2D eigenvalue weighted by Gasteiger charge is 2.14. The Balaban J connectivity index is 2.22. The van der Waals surface area contributed by atoms with Crippen LogP contribution in [0.5, 0.6) is 0 Å². The summed E-state index contributed by atoms with van der Waals surface area (Å²) in [6, 6.07) is 14.0. The van der Waals surface area contributed by atoms with E-state index in [2.05, 4.69) is 44.0 Å². The zero-order valence-electron chi connectivity index (χ0n) is 9.34. The minimum absolute atomic E-state index is 0.135. The summed E-state index contributed by atoms with van der Waals surface area (Å²) in [5.74, 6) is 0. The van der Waals surface area contributed by atoms with Gasteiger partial charge in [-0.2, -0.15) is 0 Å². The Labute approximate surface area is 134 Å². The second-order valence-electron chi connectivity index (χ2n) is 3.94. The summed E-state index contributed by atoms with van der Waals surface area (Å²) in [5, 5.41) is 0.553. The number of halogens is 4. The van der Waals surface area contributed by atoms with Gasteiger partial charge in [0, 0.05) is 8.95 Å². The number of alkyl halides is 1. The second-order valence-corrected chi connectivity index (χ2v) is 6.62. The first kappa shape index (κ1) is 14.4. The van der Waals surface area contributed by atoms with Crippen molar-refractivity contribution in [1.29, 1.82) is 0 Å². The molecule has 0 saturated carbocycles. The molecule has 1 atom stereocenters. The Hall–Kier alpha value is -0.0200. The molecule has 0 radical (unpaired) electrons. The number of benzene rings is 2. The molecule has 0 heterocycles. The summed E-state index contributed by atoms with van der Waals surface area (Å²) in [7, 11) is 0. The number of hydrogen-bond donors (Lipinski definition) is 0. The molecular weight excluding hydrogens is 399 g/mol.